The fourth-order valence-electron chi connectivity index (χ4n) is 3.28. The molecule has 0 radical (unpaired) electrons. The molecule has 0 atom stereocenters. The van der Waals surface area contributed by atoms with Gasteiger partial charge < -0.3 is 62.7 Å². The van der Waals surface area contributed by atoms with Crippen LogP contribution in [0.1, 0.15) is 20.8 Å². The molecule has 0 saturated heterocycles. The molecule has 0 aliphatic rings. The summed E-state index contributed by atoms with van der Waals surface area (Å²) in [5, 5.41) is 0. The van der Waals surface area contributed by atoms with E-state index in [0.29, 0.717) is 138 Å². The smallest absolute Gasteiger partial charge is 0.410 e. The van der Waals surface area contributed by atoms with Gasteiger partial charge in [0.1, 0.15) is 18.0 Å². The summed E-state index contributed by atoms with van der Waals surface area (Å²) in [6.07, 6.45) is -0.365. The van der Waals surface area contributed by atoms with Gasteiger partial charge in [0.25, 0.3) is 0 Å². The standard InChI is InChI=1S/C32H58N2O12/c1-32(2,3)46-31(35)34(4)9-10-36-11-12-37-13-14-38-15-16-39-17-18-40-19-20-41-21-22-42-23-24-43-25-26-44-27-28-45-30-7-5-29(33)6-8-30/h5-8H,9-28,33H2,1-4H3. The second kappa shape index (κ2) is 28.9. The van der Waals surface area contributed by atoms with Gasteiger partial charge in [-0.2, -0.15) is 0 Å². The fraction of sp³-hybridized carbons (Fsp3) is 0.781. The summed E-state index contributed by atoms with van der Waals surface area (Å²) in [6.45, 7) is 15.2. The molecule has 2 N–H and O–H groups in total. The molecule has 0 aliphatic carbocycles. The van der Waals surface area contributed by atoms with Crippen LogP contribution in [0.5, 0.6) is 5.75 Å². The van der Waals surface area contributed by atoms with Gasteiger partial charge in [-0.1, -0.05) is 0 Å². The number of nitrogen functional groups attached to an aromatic ring is 1. The van der Waals surface area contributed by atoms with Crippen molar-refractivity contribution in [3.63, 3.8) is 0 Å². The second-order valence-electron chi connectivity index (χ2n) is 10.8. The van der Waals surface area contributed by atoms with Crippen molar-refractivity contribution in [3.8, 4) is 5.75 Å². The summed E-state index contributed by atoms with van der Waals surface area (Å²) in [4.78, 5) is 13.3. The molecule has 268 valence electrons. The van der Waals surface area contributed by atoms with Gasteiger partial charge in [0, 0.05) is 19.3 Å². The maximum absolute atomic E-state index is 11.8. The summed E-state index contributed by atoms with van der Waals surface area (Å²) in [7, 11) is 1.68. The van der Waals surface area contributed by atoms with E-state index in [9.17, 15) is 4.79 Å². The van der Waals surface area contributed by atoms with Gasteiger partial charge >= 0.3 is 6.09 Å². The Labute approximate surface area is 274 Å². The van der Waals surface area contributed by atoms with Crippen molar-refractivity contribution in [2.75, 3.05) is 145 Å². The first-order valence-corrected chi connectivity index (χ1v) is 15.9. The van der Waals surface area contributed by atoms with Crippen LogP contribution in [0.4, 0.5) is 10.5 Å². The summed E-state index contributed by atoms with van der Waals surface area (Å²) in [6, 6.07) is 7.25. The monoisotopic (exact) mass is 662 g/mol. The van der Waals surface area contributed by atoms with Crippen molar-refractivity contribution in [1.29, 1.82) is 0 Å². The molecule has 0 aromatic heterocycles. The maximum atomic E-state index is 11.8. The number of nitrogens with zero attached hydrogens (tertiary/aromatic N) is 1. The van der Waals surface area contributed by atoms with Crippen molar-refractivity contribution in [1.82, 2.24) is 4.90 Å². The van der Waals surface area contributed by atoms with Crippen LogP contribution in [0.3, 0.4) is 0 Å². The molecule has 14 nitrogen and oxygen atoms in total. The molecule has 1 amide bonds. The molecular formula is C32H58N2O12. The minimum atomic E-state index is -0.510. The summed E-state index contributed by atoms with van der Waals surface area (Å²) in [5.41, 5.74) is 5.84. The number of carbonyl (C=O) groups is 1. The van der Waals surface area contributed by atoms with Crippen molar-refractivity contribution >= 4 is 11.8 Å². The molecule has 0 saturated carbocycles. The number of likely N-dealkylation sites (N-methyl/N-ethyl adjacent to an activating group) is 1. The van der Waals surface area contributed by atoms with Gasteiger partial charge in [-0.05, 0) is 45.0 Å². The third-order valence-corrected chi connectivity index (χ3v) is 5.63. The van der Waals surface area contributed by atoms with Gasteiger partial charge in [-0.25, -0.2) is 4.79 Å². The number of rotatable bonds is 31. The molecule has 1 aromatic rings. The minimum Gasteiger partial charge on any atom is -0.491 e. The first kappa shape index (κ1) is 41.8. The van der Waals surface area contributed by atoms with Crippen LogP contribution in [-0.2, 0) is 47.4 Å². The highest BCUT2D eigenvalue weighted by molar-refractivity contribution is 5.67. The Morgan fingerprint density at radius 3 is 1.17 bits per heavy atom. The molecule has 0 bridgehead atoms. The number of benzene rings is 1. The number of hydrogen-bond acceptors (Lipinski definition) is 13. The van der Waals surface area contributed by atoms with E-state index in [1.165, 1.54) is 4.90 Å². The molecule has 0 fully saturated rings. The summed E-state index contributed by atoms with van der Waals surface area (Å²) in [5.74, 6) is 0.769. The zero-order chi connectivity index (χ0) is 33.6. The topological polar surface area (TPSA) is 148 Å². The van der Waals surface area contributed by atoms with Gasteiger partial charge in [0.05, 0.1) is 119 Å². The molecule has 14 heteroatoms. The quantitative estimate of drug-likeness (QED) is 0.0919. The number of carbonyl (C=O) groups excluding carboxylic acids is 1. The minimum absolute atomic E-state index is 0.365. The summed E-state index contributed by atoms with van der Waals surface area (Å²) < 4.78 is 60.1. The largest absolute Gasteiger partial charge is 0.491 e. The van der Waals surface area contributed by atoms with E-state index in [1.807, 2.05) is 32.9 Å². The first-order chi connectivity index (χ1) is 22.3. The Morgan fingerprint density at radius 2 is 0.848 bits per heavy atom. The molecule has 0 heterocycles. The lowest BCUT2D eigenvalue weighted by atomic mass is 10.2. The first-order valence-electron chi connectivity index (χ1n) is 15.9. The zero-order valence-corrected chi connectivity index (χ0v) is 28.4. The Kier molecular flexibility index (Phi) is 26.2. The lowest BCUT2D eigenvalue weighted by Gasteiger charge is -2.24. The highest BCUT2D eigenvalue weighted by Gasteiger charge is 2.19. The molecule has 0 spiro atoms. The lowest BCUT2D eigenvalue weighted by Crippen LogP contribution is -2.36. The van der Waals surface area contributed by atoms with Crippen molar-refractivity contribution in [3.05, 3.63) is 24.3 Å². The molecule has 46 heavy (non-hydrogen) atoms. The average Bonchev–Trinajstić information content (AvgIpc) is 3.02. The van der Waals surface area contributed by atoms with E-state index in [-0.39, 0.29) is 6.09 Å². The Bertz CT molecular complexity index is 826. The molecule has 0 unspecified atom stereocenters. The van der Waals surface area contributed by atoms with Gasteiger partial charge in [0.2, 0.25) is 0 Å². The summed E-state index contributed by atoms with van der Waals surface area (Å²) >= 11 is 0. The Balaban J connectivity index is 1.67. The third kappa shape index (κ3) is 28.0. The van der Waals surface area contributed by atoms with Crippen LogP contribution >= 0.6 is 0 Å². The van der Waals surface area contributed by atoms with Crippen LogP contribution in [0.2, 0.25) is 0 Å². The Hall–Kier alpha value is -2.27. The van der Waals surface area contributed by atoms with Crippen LogP contribution in [0, 0.1) is 0 Å². The van der Waals surface area contributed by atoms with E-state index in [0.717, 1.165) is 5.75 Å². The number of amides is 1. The number of anilines is 1. The van der Waals surface area contributed by atoms with Crippen LogP contribution < -0.4 is 10.5 Å². The number of nitrogens with two attached hydrogens (primary N) is 1. The highest BCUT2D eigenvalue weighted by Crippen LogP contribution is 2.12. The number of hydrogen-bond donors (Lipinski definition) is 1. The van der Waals surface area contributed by atoms with Crippen molar-refractivity contribution < 1.29 is 56.9 Å². The second-order valence-corrected chi connectivity index (χ2v) is 10.8. The van der Waals surface area contributed by atoms with E-state index < -0.39 is 5.60 Å². The SMILES string of the molecule is CN(CCOCCOCCOCCOCCOCCOCCOCCOCCOCCOc1ccc(N)cc1)C(=O)OC(C)(C)C. The molecule has 0 aliphatic heterocycles. The van der Waals surface area contributed by atoms with E-state index in [2.05, 4.69) is 0 Å². The van der Waals surface area contributed by atoms with Crippen LogP contribution in [-0.4, -0.2) is 156 Å². The number of ether oxygens (including phenoxy) is 11. The molecule has 1 rings (SSSR count). The predicted octanol–water partition coefficient (Wildman–Crippen LogP) is 2.66. The third-order valence-electron chi connectivity index (χ3n) is 5.63. The maximum Gasteiger partial charge on any atom is 0.410 e. The lowest BCUT2D eigenvalue weighted by molar-refractivity contribution is -0.0257. The van der Waals surface area contributed by atoms with Crippen LogP contribution in [0.15, 0.2) is 24.3 Å². The predicted molar refractivity (Wildman–Crippen MR) is 173 cm³/mol. The van der Waals surface area contributed by atoms with Gasteiger partial charge in [0.15, 0.2) is 0 Å². The van der Waals surface area contributed by atoms with Gasteiger partial charge in [-0.3, -0.25) is 0 Å². The highest BCUT2D eigenvalue weighted by atomic mass is 16.6. The molecule has 1 aromatic carbocycles. The van der Waals surface area contributed by atoms with E-state index in [4.69, 9.17) is 57.8 Å². The fourth-order valence-corrected chi connectivity index (χ4v) is 3.28. The Morgan fingerprint density at radius 1 is 0.543 bits per heavy atom. The van der Waals surface area contributed by atoms with Crippen molar-refractivity contribution in [2.24, 2.45) is 0 Å². The zero-order valence-electron chi connectivity index (χ0n) is 28.4. The van der Waals surface area contributed by atoms with Crippen LogP contribution in [0.25, 0.3) is 0 Å². The normalized spacial score (nSPS) is 11.6. The van der Waals surface area contributed by atoms with E-state index >= 15 is 0 Å². The van der Waals surface area contributed by atoms with Gasteiger partial charge in [-0.15, -0.1) is 0 Å². The van der Waals surface area contributed by atoms with Crippen molar-refractivity contribution in [2.45, 2.75) is 26.4 Å². The average molecular weight is 663 g/mol. The van der Waals surface area contributed by atoms with E-state index in [1.54, 1.807) is 19.2 Å². The molecular weight excluding hydrogens is 604 g/mol.